The van der Waals surface area contributed by atoms with E-state index in [1.807, 2.05) is 0 Å². The highest BCUT2D eigenvalue weighted by molar-refractivity contribution is 6.18. The van der Waals surface area contributed by atoms with Gasteiger partial charge in [0.2, 0.25) is 5.91 Å². The van der Waals surface area contributed by atoms with Crippen molar-refractivity contribution in [3.05, 3.63) is 0 Å². The summed E-state index contributed by atoms with van der Waals surface area (Å²) in [5, 5.41) is 3.37. The number of hydrogen-bond acceptors (Lipinski definition) is 1. The first-order chi connectivity index (χ1) is 9.38. The summed E-state index contributed by atoms with van der Waals surface area (Å²) in [6, 6.07) is 0. The minimum absolute atomic E-state index is 0.135. The maximum atomic E-state index is 12.8. The predicted octanol–water partition coefficient (Wildman–Crippen LogP) is 4.51. The Labute approximate surface area is 129 Å². The average molecular weight is 300 g/mol. The normalized spacial score (nSPS) is 37.4. The van der Waals surface area contributed by atoms with Gasteiger partial charge < -0.3 is 5.32 Å². The molecule has 116 valence electrons. The molecule has 0 aliphatic heterocycles. The molecule has 2 aliphatic carbocycles. The van der Waals surface area contributed by atoms with Gasteiger partial charge in [-0.25, -0.2) is 0 Å². The van der Waals surface area contributed by atoms with Crippen molar-refractivity contribution in [3.63, 3.8) is 0 Å². The number of carbonyl (C=O) groups is 1. The van der Waals surface area contributed by atoms with Gasteiger partial charge in [-0.15, -0.1) is 11.6 Å². The second-order valence-electron chi connectivity index (χ2n) is 7.89. The van der Waals surface area contributed by atoms with Crippen molar-refractivity contribution < 1.29 is 4.79 Å². The Morgan fingerprint density at radius 1 is 1.20 bits per heavy atom. The number of alkyl halides is 1. The van der Waals surface area contributed by atoms with Gasteiger partial charge in [0.05, 0.1) is 5.54 Å². The highest BCUT2D eigenvalue weighted by atomic mass is 35.5. The zero-order valence-electron chi connectivity index (χ0n) is 13.3. The molecule has 0 saturated heterocycles. The number of hydrogen-bond donors (Lipinski definition) is 1. The fraction of sp³-hybridized carbons (Fsp3) is 0.941. The summed E-state index contributed by atoms with van der Waals surface area (Å²) in [6.07, 6.45) is 9.17. The number of nitrogens with one attached hydrogen (secondary N) is 1. The van der Waals surface area contributed by atoms with Gasteiger partial charge in [0.1, 0.15) is 0 Å². The Kier molecular flexibility index (Phi) is 5.05. The Morgan fingerprint density at radius 2 is 1.95 bits per heavy atom. The number of carbonyl (C=O) groups excluding carboxylic acids is 1. The molecule has 0 bridgehead atoms. The third-order valence-corrected chi connectivity index (χ3v) is 6.07. The van der Waals surface area contributed by atoms with Gasteiger partial charge in [-0.05, 0) is 37.0 Å². The lowest BCUT2D eigenvalue weighted by molar-refractivity contribution is -0.132. The van der Waals surface area contributed by atoms with Crippen molar-refractivity contribution >= 4 is 17.5 Å². The topological polar surface area (TPSA) is 29.1 Å². The minimum Gasteiger partial charge on any atom is -0.349 e. The summed E-state index contributed by atoms with van der Waals surface area (Å²) in [5.41, 5.74) is -0.0139. The van der Waals surface area contributed by atoms with Crippen LogP contribution in [0.15, 0.2) is 0 Å². The van der Waals surface area contributed by atoms with Gasteiger partial charge in [0.25, 0.3) is 0 Å². The molecule has 2 nitrogen and oxygen atoms in total. The molecule has 0 aromatic rings. The van der Waals surface area contributed by atoms with Gasteiger partial charge in [-0.1, -0.05) is 46.5 Å². The van der Waals surface area contributed by atoms with Crippen LogP contribution >= 0.6 is 11.6 Å². The van der Waals surface area contributed by atoms with Crippen LogP contribution in [0.25, 0.3) is 0 Å². The van der Waals surface area contributed by atoms with E-state index in [2.05, 4.69) is 26.1 Å². The molecule has 3 unspecified atom stereocenters. The molecule has 0 heterocycles. The standard InChI is InChI=1S/C17H30ClNO/c1-13-7-6-10-17(11-13,12-18)19-15(20)14-8-4-5-9-16(14,2)3/h13-14H,4-12H2,1-3H3,(H,19,20). The molecule has 0 aromatic heterocycles. The number of amides is 1. The molecule has 2 rings (SSSR count). The molecule has 2 saturated carbocycles. The fourth-order valence-corrected chi connectivity index (χ4v) is 4.57. The van der Waals surface area contributed by atoms with Crippen LogP contribution in [0.2, 0.25) is 0 Å². The zero-order chi connectivity index (χ0) is 14.8. The van der Waals surface area contributed by atoms with Crippen LogP contribution in [-0.2, 0) is 4.79 Å². The third-order valence-electron chi connectivity index (χ3n) is 5.56. The van der Waals surface area contributed by atoms with Gasteiger partial charge in [0.15, 0.2) is 0 Å². The Morgan fingerprint density at radius 3 is 2.55 bits per heavy atom. The average Bonchev–Trinajstić information content (AvgIpc) is 2.38. The van der Waals surface area contributed by atoms with E-state index in [-0.39, 0.29) is 22.8 Å². The molecule has 2 fully saturated rings. The summed E-state index contributed by atoms with van der Waals surface area (Å²) in [5.74, 6) is 1.64. The summed E-state index contributed by atoms with van der Waals surface area (Å²) in [4.78, 5) is 12.8. The first kappa shape index (κ1) is 16.1. The van der Waals surface area contributed by atoms with Crippen LogP contribution in [0.5, 0.6) is 0 Å². The SMILES string of the molecule is CC1CCCC(CCl)(NC(=O)C2CCCCC2(C)C)C1. The van der Waals surface area contributed by atoms with Gasteiger partial charge in [0, 0.05) is 11.8 Å². The van der Waals surface area contributed by atoms with E-state index >= 15 is 0 Å². The van der Waals surface area contributed by atoms with E-state index in [1.165, 1.54) is 25.7 Å². The van der Waals surface area contributed by atoms with Crippen molar-refractivity contribution in [1.29, 1.82) is 0 Å². The molecular weight excluding hydrogens is 270 g/mol. The van der Waals surface area contributed by atoms with E-state index in [0.29, 0.717) is 11.8 Å². The quantitative estimate of drug-likeness (QED) is 0.763. The van der Waals surface area contributed by atoms with Gasteiger partial charge in [-0.2, -0.15) is 0 Å². The second kappa shape index (κ2) is 6.25. The van der Waals surface area contributed by atoms with Crippen LogP contribution in [0.4, 0.5) is 0 Å². The van der Waals surface area contributed by atoms with Crippen LogP contribution in [-0.4, -0.2) is 17.3 Å². The third kappa shape index (κ3) is 3.50. The van der Waals surface area contributed by atoms with Gasteiger partial charge in [-0.3, -0.25) is 4.79 Å². The predicted molar refractivity (Wildman–Crippen MR) is 85.0 cm³/mol. The smallest absolute Gasteiger partial charge is 0.224 e. The molecule has 0 radical (unpaired) electrons. The maximum Gasteiger partial charge on any atom is 0.224 e. The monoisotopic (exact) mass is 299 g/mol. The van der Waals surface area contributed by atoms with Crippen LogP contribution in [0, 0.1) is 17.3 Å². The highest BCUT2D eigenvalue weighted by Crippen LogP contribution is 2.41. The van der Waals surface area contributed by atoms with Crippen molar-refractivity contribution in [3.8, 4) is 0 Å². The Hall–Kier alpha value is -0.240. The van der Waals surface area contributed by atoms with E-state index < -0.39 is 0 Å². The molecule has 1 N–H and O–H groups in total. The molecule has 2 aliphatic rings. The largest absolute Gasteiger partial charge is 0.349 e. The zero-order valence-corrected chi connectivity index (χ0v) is 14.1. The lowest BCUT2D eigenvalue weighted by atomic mass is 9.68. The first-order valence-corrected chi connectivity index (χ1v) is 8.80. The highest BCUT2D eigenvalue weighted by Gasteiger charge is 2.41. The summed E-state index contributed by atoms with van der Waals surface area (Å²) >= 11 is 6.24. The summed E-state index contributed by atoms with van der Waals surface area (Å²) in [6.45, 7) is 6.76. The summed E-state index contributed by atoms with van der Waals surface area (Å²) in [7, 11) is 0. The maximum absolute atomic E-state index is 12.8. The van der Waals surface area contributed by atoms with Crippen molar-refractivity contribution in [2.45, 2.75) is 77.7 Å². The number of rotatable bonds is 3. The molecule has 20 heavy (non-hydrogen) atoms. The Balaban J connectivity index is 2.05. The second-order valence-corrected chi connectivity index (χ2v) is 8.16. The Bertz CT molecular complexity index is 355. The fourth-order valence-electron chi connectivity index (χ4n) is 4.26. The lowest BCUT2D eigenvalue weighted by Crippen LogP contribution is -2.56. The molecule has 1 amide bonds. The van der Waals surface area contributed by atoms with Crippen LogP contribution < -0.4 is 5.32 Å². The van der Waals surface area contributed by atoms with Crippen molar-refractivity contribution in [2.24, 2.45) is 17.3 Å². The first-order valence-electron chi connectivity index (χ1n) is 8.27. The minimum atomic E-state index is -0.149. The van der Waals surface area contributed by atoms with Crippen molar-refractivity contribution in [2.75, 3.05) is 5.88 Å². The lowest BCUT2D eigenvalue weighted by Gasteiger charge is -2.43. The molecule has 0 spiro atoms. The molecular formula is C17H30ClNO. The van der Waals surface area contributed by atoms with Gasteiger partial charge >= 0.3 is 0 Å². The molecule has 0 aromatic carbocycles. The van der Waals surface area contributed by atoms with E-state index in [1.54, 1.807) is 0 Å². The number of halogens is 1. The molecule has 3 atom stereocenters. The van der Waals surface area contributed by atoms with E-state index in [0.717, 1.165) is 25.7 Å². The molecule has 3 heteroatoms. The summed E-state index contributed by atoms with van der Waals surface area (Å²) < 4.78 is 0. The van der Waals surface area contributed by atoms with Crippen molar-refractivity contribution in [1.82, 2.24) is 5.32 Å². The van der Waals surface area contributed by atoms with Crippen LogP contribution in [0.3, 0.4) is 0 Å². The van der Waals surface area contributed by atoms with E-state index in [4.69, 9.17) is 11.6 Å². The van der Waals surface area contributed by atoms with Crippen LogP contribution in [0.1, 0.15) is 72.1 Å². The van der Waals surface area contributed by atoms with E-state index in [9.17, 15) is 4.79 Å².